The van der Waals surface area contributed by atoms with Crippen LogP contribution in [0.25, 0.3) is 0 Å². The number of hydrogen-bond acceptors (Lipinski definition) is 3. The molecule has 0 N–H and O–H groups in total. The molecule has 0 unspecified atom stereocenters. The Bertz CT molecular complexity index is 535. The van der Waals surface area contributed by atoms with Crippen molar-refractivity contribution in [3.8, 4) is 0 Å². The number of nitrogens with zero attached hydrogens (tertiary/aromatic N) is 2. The summed E-state index contributed by atoms with van der Waals surface area (Å²) in [6.45, 7) is 0.451. The van der Waals surface area contributed by atoms with Crippen molar-refractivity contribution in [1.29, 1.82) is 0 Å². The normalized spacial score (nSPS) is 10.4. The summed E-state index contributed by atoms with van der Waals surface area (Å²) in [5.41, 5.74) is 1.32. The minimum Gasteiger partial charge on any atom is -0.472 e. The lowest BCUT2D eigenvalue weighted by atomic mass is 10.2. The number of hydrogen-bond donors (Lipinski definition) is 0. The highest BCUT2D eigenvalue weighted by molar-refractivity contribution is 6.33. The molecule has 2 rings (SSSR count). The van der Waals surface area contributed by atoms with Gasteiger partial charge in [-0.1, -0.05) is 23.2 Å². The fraction of sp³-hybridized carbons (Fsp3) is 0.167. The van der Waals surface area contributed by atoms with Gasteiger partial charge in [0.25, 0.3) is 5.91 Å². The van der Waals surface area contributed by atoms with Crippen molar-refractivity contribution in [2.24, 2.45) is 0 Å². The van der Waals surface area contributed by atoms with Gasteiger partial charge in [-0.3, -0.25) is 4.79 Å². The van der Waals surface area contributed by atoms with Crippen molar-refractivity contribution in [3.05, 3.63) is 52.2 Å². The third-order valence-electron chi connectivity index (χ3n) is 2.36. The number of pyridine rings is 1. The van der Waals surface area contributed by atoms with Crippen LogP contribution < -0.4 is 0 Å². The van der Waals surface area contributed by atoms with E-state index in [4.69, 9.17) is 27.6 Å². The maximum Gasteiger partial charge on any atom is 0.254 e. The highest BCUT2D eigenvalue weighted by Crippen LogP contribution is 2.16. The highest BCUT2D eigenvalue weighted by atomic mass is 35.5. The molecular formula is C12H10Cl2N2O2. The van der Waals surface area contributed by atoms with E-state index in [9.17, 15) is 4.79 Å². The SMILES string of the molecule is CN(Cc1ccoc1)C(=O)c1cc(Cl)nc(Cl)c1. The molecule has 0 aliphatic rings. The maximum absolute atomic E-state index is 12.1. The molecule has 0 aliphatic carbocycles. The van der Waals surface area contributed by atoms with E-state index in [1.807, 2.05) is 0 Å². The first-order chi connectivity index (χ1) is 8.56. The van der Waals surface area contributed by atoms with Gasteiger partial charge in [0, 0.05) is 24.7 Å². The highest BCUT2D eigenvalue weighted by Gasteiger charge is 2.14. The molecule has 6 heteroatoms. The molecule has 0 aliphatic heterocycles. The van der Waals surface area contributed by atoms with E-state index >= 15 is 0 Å². The van der Waals surface area contributed by atoms with E-state index in [2.05, 4.69) is 4.98 Å². The lowest BCUT2D eigenvalue weighted by Crippen LogP contribution is -2.26. The van der Waals surface area contributed by atoms with Crippen LogP contribution in [-0.2, 0) is 6.54 Å². The van der Waals surface area contributed by atoms with Crippen molar-refractivity contribution in [3.63, 3.8) is 0 Å². The quantitative estimate of drug-likeness (QED) is 0.813. The number of amides is 1. The zero-order chi connectivity index (χ0) is 13.1. The number of rotatable bonds is 3. The third kappa shape index (κ3) is 3.03. The van der Waals surface area contributed by atoms with Gasteiger partial charge in [-0.05, 0) is 18.2 Å². The summed E-state index contributed by atoms with van der Waals surface area (Å²) in [5, 5.41) is 0.394. The number of carbonyl (C=O) groups excluding carboxylic acids is 1. The summed E-state index contributed by atoms with van der Waals surface area (Å²) in [4.78, 5) is 17.5. The largest absolute Gasteiger partial charge is 0.472 e. The molecule has 0 atom stereocenters. The molecule has 0 radical (unpaired) electrons. The van der Waals surface area contributed by atoms with Crippen LogP contribution in [0.4, 0.5) is 0 Å². The zero-order valence-electron chi connectivity index (χ0n) is 9.56. The van der Waals surface area contributed by atoms with Gasteiger partial charge in [-0.25, -0.2) is 4.98 Å². The molecular weight excluding hydrogens is 275 g/mol. The second kappa shape index (κ2) is 5.42. The Morgan fingerprint density at radius 1 is 1.39 bits per heavy atom. The molecule has 0 spiro atoms. The van der Waals surface area contributed by atoms with Crippen LogP contribution in [0, 0.1) is 0 Å². The van der Waals surface area contributed by atoms with E-state index in [1.54, 1.807) is 30.5 Å². The standard InChI is InChI=1S/C12H10Cl2N2O2/c1-16(6-8-2-3-18-7-8)12(17)9-4-10(13)15-11(14)5-9/h2-5,7H,6H2,1H3. The molecule has 0 saturated heterocycles. The van der Waals surface area contributed by atoms with Crippen LogP contribution in [0.1, 0.15) is 15.9 Å². The van der Waals surface area contributed by atoms with Crippen LogP contribution in [0.15, 0.2) is 35.1 Å². The van der Waals surface area contributed by atoms with Gasteiger partial charge in [0.05, 0.1) is 12.5 Å². The first kappa shape index (κ1) is 12.9. The van der Waals surface area contributed by atoms with Crippen LogP contribution in [0.5, 0.6) is 0 Å². The fourth-order valence-electron chi connectivity index (χ4n) is 1.54. The van der Waals surface area contributed by atoms with Crippen LogP contribution in [-0.4, -0.2) is 22.8 Å². The lowest BCUT2D eigenvalue weighted by Gasteiger charge is -2.16. The molecule has 2 heterocycles. The molecule has 2 aromatic heterocycles. The Morgan fingerprint density at radius 3 is 2.61 bits per heavy atom. The van der Waals surface area contributed by atoms with E-state index in [0.717, 1.165) is 5.56 Å². The van der Waals surface area contributed by atoms with Crippen LogP contribution in [0.3, 0.4) is 0 Å². The number of halogens is 2. The predicted octanol–water partition coefficient (Wildman–Crippen LogP) is 3.25. The van der Waals surface area contributed by atoms with Gasteiger partial charge >= 0.3 is 0 Å². The minimum atomic E-state index is -0.178. The number of furan rings is 1. The first-order valence-electron chi connectivity index (χ1n) is 5.16. The smallest absolute Gasteiger partial charge is 0.254 e. The minimum absolute atomic E-state index is 0.178. The van der Waals surface area contributed by atoms with E-state index in [-0.39, 0.29) is 16.2 Å². The lowest BCUT2D eigenvalue weighted by molar-refractivity contribution is 0.0785. The van der Waals surface area contributed by atoms with Crippen molar-refractivity contribution in [2.45, 2.75) is 6.54 Å². The molecule has 0 aromatic carbocycles. The number of aromatic nitrogens is 1. The molecule has 4 nitrogen and oxygen atoms in total. The van der Waals surface area contributed by atoms with Crippen molar-refractivity contribution < 1.29 is 9.21 Å². The number of carbonyl (C=O) groups is 1. The van der Waals surface area contributed by atoms with E-state index in [0.29, 0.717) is 12.1 Å². The summed E-state index contributed by atoms with van der Waals surface area (Å²) in [7, 11) is 1.69. The van der Waals surface area contributed by atoms with Gasteiger partial charge in [0.2, 0.25) is 0 Å². The molecule has 1 amide bonds. The molecule has 18 heavy (non-hydrogen) atoms. The van der Waals surface area contributed by atoms with Crippen LogP contribution >= 0.6 is 23.2 Å². The van der Waals surface area contributed by atoms with Crippen molar-refractivity contribution in [1.82, 2.24) is 9.88 Å². The Morgan fingerprint density at radius 2 is 2.06 bits per heavy atom. The van der Waals surface area contributed by atoms with E-state index in [1.165, 1.54) is 12.1 Å². The average Bonchev–Trinajstić information content (AvgIpc) is 2.79. The van der Waals surface area contributed by atoms with Crippen LogP contribution in [0.2, 0.25) is 10.3 Å². The molecule has 0 saturated carbocycles. The first-order valence-corrected chi connectivity index (χ1v) is 5.91. The summed E-state index contributed by atoms with van der Waals surface area (Å²) < 4.78 is 4.95. The van der Waals surface area contributed by atoms with Gasteiger partial charge in [-0.2, -0.15) is 0 Å². The Labute approximate surface area is 114 Å². The summed E-state index contributed by atoms with van der Waals surface area (Å²) in [5.74, 6) is -0.178. The second-order valence-corrected chi connectivity index (χ2v) is 4.57. The van der Waals surface area contributed by atoms with Gasteiger partial charge in [0.1, 0.15) is 10.3 Å². The fourth-order valence-corrected chi connectivity index (χ4v) is 2.00. The topological polar surface area (TPSA) is 46.3 Å². The summed E-state index contributed by atoms with van der Waals surface area (Å²) in [6, 6.07) is 4.78. The molecule has 0 fully saturated rings. The maximum atomic E-state index is 12.1. The Hall–Kier alpha value is -1.52. The van der Waals surface area contributed by atoms with E-state index < -0.39 is 0 Å². The predicted molar refractivity (Wildman–Crippen MR) is 68.8 cm³/mol. The molecule has 0 bridgehead atoms. The Balaban J connectivity index is 2.15. The summed E-state index contributed by atoms with van der Waals surface area (Å²) >= 11 is 11.5. The van der Waals surface area contributed by atoms with Gasteiger partial charge in [0.15, 0.2) is 0 Å². The second-order valence-electron chi connectivity index (χ2n) is 3.79. The van der Waals surface area contributed by atoms with Crippen molar-refractivity contribution in [2.75, 3.05) is 7.05 Å². The van der Waals surface area contributed by atoms with Gasteiger partial charge < -0.3 is 9.32 Å². The average molecular weight is 285 g/mol. The van der Waals surface area contributed by atoms with Crippen molar-refractivity contribution >= 4 is 29.1 Å². The van der Waals surface area contributed by atoms with Gasteiger partial charge in [-0.15, -0.1) is 0 Å². The zero-order valence-corrected chi connectivity index (χ0v) is 11.1. The third-order valence-corrected chi connectivity index (χ3v) is 2.74. The summed E-state index contributed by atoms with van der Waals surface area (Å²) in [6.07, 6.45) is 3.16. The molecule has 94 valence electrons. The monoisotopic (exact) mass is 284 g/mol. The molecule has 2 aromatic rings. The Kier molecular flexibility index (Phi) is 3.89.